The topological polar surface area (TPSA) is 87.3 Å². The summed E-state index contributed by atoms with van der Waals surface area (Å²) >= 11 is 0. The van der Waals surface area contributed by atoms with Crippen molar-refractivity contribution < 1.29 is 9.66 Å². The van der Waals surface area contributed by atoms with Crippen molar-refractivity contribution in [2.45, 2.75) is 13.0 Å². The van der Waals surface area contributed by atoms with Gasteiger partial charge in [-0.05, 0) is 41.8 Å². The molecule has 1 aromatic heterocycles. The molecule has 0 saturated carbocycles. The number of hydrogen-bond donors (Lipinski definition) is 0. The largest absolute Gasteiger partial charge is 0.497 e. The number of non-ortho nitro benzene ring substituents is 1. The molecular weight excluding hydrogens is 334 g/mol. The third kappa shape index (κ3) is 2.63. The minimum atomic E-state index is -0.509. The number of benzene rings is 2. The summed E-state index contributed by atoms with van der Waals surface area (Å²) in [7, 11) is 1.61. The zero-order chi connectivity index (χ0) is 18.3. The fraction of sp³-hybridized carbons (Fsp3) is 0.158. The Balaban J connectivity index is 1.85. The van der Waals surface area contributed by atoms with Crippen molar-refractivity contribution >= 4 is 28.2 Å². The number of aromatic nitrogens is 2. The van der Waals surface area contributed by atoms with Gasteiger partial charge in [0, 0.05) is 18.7 Å². The van der Waals surface area contributed by atoms with Crippen molar-refractivity contribution in [1.29, 1.82) is 0 Å². The number of hydrogen-bond acceptors (Lipinski definition) is 5. The van der Waals surface area contributed by atoms with Crippen molar-refractivity contribution in [1.82, 2.24) is 9.55 Å². The second-order valence-electron chi connectivity index (χ2n) is 6.05. The first-order chi connectivity index (χ1) is 12.6. The highest BCUT2D eigenvalue weighted by atomic mass is 16.6. The van der Waals surface area contributed by atoms with E-state index in [2.05, 4.69) is 4.98 Å². The maximum atomic E-state index is 12.7. The molecule has 1 aliphatic rings. The van der Waals surface area contributed by atoms with Gasteiger partial charge in [-0.1, -0.05) is 12.1 Å². The Hall–Kier alpha value is -3.48. The van der Waals surface area contributed by atoms with Crippen LogP contribution in [0.5, 0.6) is 5.75 Å². The molecule has 26 heavy (non-hydrogen) atoms. The molecule has 0 aliphatic carbocycles. The van der Waals surface area contributed by atoms with E-state index in [-0.39, 0.29) is 16.6 Å². The number of nitro groups is 1. The Bertz CT molecular complexity index is 1130. The van der Waals surface area contributed by atoms with Crippen LogP contribution >= 0.6 is 0 Å². The Morgan fingerprint density at radius 1 is 1.27 bits per heavy atom. The van der Waals surface area contributed by atoms with Gasteiger partial charge in [0.15, 0.2) is 0 Å². The molecule has 0 bridgehead atoms. The lowest BCUT2D eigenvalue weighted by Gasteiger charge is -2.06. The van der Waals surface area contributed by atoms with Gasteiger partial charge < -0.3 is 4.74 Å². The van der Waals surface area contributed by atoms with E-state index in [1.807, 2.05) is 30.3 Å². The predicted octanol–water partition coefficient (Wildman–Crippen LogP) is 3.26. The number of methoxy groups -OCH3 is 1. The molecule has 0 spiro atoms. The second-order valence-corrected chi connectivity index (χ2v) is 6.05. The summed E-state index contributed by atoms with van der Waals surface area (Å²) in [5.41, 5.74) is 2.02. The van der Waals surface area contributed by atoms with Crippen LogP contribution < -0.4 is 10.3 Å². The molecule has 1 aliphatic heterocycles. The Labute approximate surface area is 148 Å². The van der Waals surface area contributed by atoms with Crippen LogP contribution in [0.1, 0.15) is 17.8 Å². The van der Waals surface area contributed by atoms with Crippen molar-refractivity contribution in [3.8, 4) is 5.75 Å². The SMILES string of the molecule is COc1cccc(C=C2CCn3c2nc2ccc([N+](=O)[O-])cc2c3=O)c1. The monoisotopic (exact) mass is 349 g/mol. The molecule has 4 rings (SSSR count). The molecule has 0 unspecified atom stereocenters. The lowest BCUT2D eigenvalue weighted by molar-refractivity contribution is -0.384. The first-order valence-electron chi connectivity index (χ1n) is 8.11. The third-order valence-electron chi connectivity index (χ3n) is 4.48. The van der Waals surface area contributed by atoms with E-state index in [1.165, 1.54) is 18.2 Å². The Morgan fingerprint density at radius 2 is 2.12 bits per heavy atom. The zero-order valence-electron chi connectivity index (χ0n) is 14.0. The van der Waals surface area contributed by atoms with E-state index in [4.69, 9.17) is 4.74 Å². The van der Waals surface area contributed by atoms with E-state index in [0.717, 1.165) is 16.9 Å². The van der Waals surface area contributed by atoms with Gasteiger partial charge in [-0.25, -0.2) is 4.98 Å². The zero-order valence-corrected chi connectivity index (χ0v) is 14.0. The summed E-state index contributed by atoms with van der Waals surface area (Å²) in [5.74, 6) is 1.37. The first kappa shape index (κ1) is 16.0. The fourth-order valence-corrected chi connectivity index (χ4v) is 3.19. The summed E-state index contributed by atoms with van der Waals surface area (Å²) in [6, 6.07) is 11.8. The molecule has 3 aromatic rings. The molecule has 7 nitrogen and oxygen atoms in total. The van der Waals surface area contributed by atoms with E-state index in [0.29, 0.717) is 24.3 Å². The van der Waals surface area contributed by atoms with E-state index in [9.17, 15) is 14.9 Å². The highest BCUT2D eigenvalue weighted by Gasteiger charge is 2.22. The van der Waals surface area contributed by atoms with Gasteiger partial charge in [-0.2, -0.15) is 0 Å². The molecule has 2 aromatic carbocycles. The van der Waals surface area contributed by atoms with Crippen LogP contribution in [0.25, 0.3) is 22.6 Å². The minimum absolute atomic E-state index is 0.109. The quantitative estimate of drug-likeness (QED) is 0.535. The summed E-state index contributed by atoms with van der Waals surface area (Å²) in [6.45, 7) is 0.510. The molecule has 2 heterocycles. The van der Waals surface area contributed by atoms with Crippen molar-refractivity contribution in [2.75, 3.05) is 7.11 Å². The van der Waals surface area contributed by atoms with Crippen LogP contribution in [0.4, 0.5) is 5.69 Å². The van der Waals surface area contributed by atoms with Crippen LogP contribution in [-0.2, 0) is 6.54 Å². The Morgan fingerprint density at radius 3 is 2.88 bits per heavy atom. The normalized spacial score (nSPS) is 14.6. The van der Waals surface area contributed by atoms with Gasteiger partial charge in [-0.3, -0.25) is 19.5 Å². The average molecular weight is 349 g/mol. The van der Waals surface area contributed by atoms with Gasteiger partial charge in [0.1, 0.15) is 11.6 Å². The van der Waals surface area contributed by atoms with Crippen LogP contribution in [-0.4, -0.2) is 21.6 Å². The second kappa shape index (κ2) is 6.11. The smallest absolute Gasteiger partial charge is 0.270 e. The van der Waals surface area contributed by atoms with E-state index < -0.39 is 4.92 Å². The van der Waals surface area contributed by atoms with Gasteiger partial charge in [0.05, 0.1) is 22.9 Å². The maximum Gasteiger partial charge on any atom is 0.270 e. The number of fused-ring (bicyclic) bond motifs is 2. The van der Waals surface area contributed by atoms with Crippen molar-refractivity contribution in [2.24, 2.45) is 0 Å². The van der Waals surface area contributed by atoms with Crippen molar-refractivity contribution in [3.05, 3.63) is 74.3 Å². The lowest BCUT2D eigenvalue weighted by Crippen LogP contribution is -2.20. The molecule has 0 radical (unpaired) electrons. The predicted molar refractivity (Wildman–Crippen MR) is 98.1 cm³/mol. The van der Waals surface area contributed by atoms with Gasteiger partial charge in [0.25, 0.3) is 11.2 Å². The summed E-state index contributed by atoms with van der Waals surface area (Å²) < 4.78 is 6.82. The van der Waals surface area contributed by atoms with Crippen molar-refractivity contribution in [3.63, 3.8) is 0 Å². The molecular formula is C19H15N3O4. The number of rotatable bonds is 3. The molecule has 0 saturated heterocycles. The number of allylic oxidation sites excluding steroid dienone is 1. The fourth-order valence-electron chi connectivity index (χ4n) is 3.19. The van der Waals surface area contributed by atoms with Crippen LogP contribution in [0, 0.1) is 10.1 Å². The van der Waals surface area contributed by atoms with Crippen LogP contribution in [0.2, 0.25) is 0 Å². The minimum Gasteiger partial charge on any atom is -0.497 e. The van der Waals surface area contributed by atoms with Crippen LogP contribution in [0.15, 0.2) is 47.3 Å². The third-order valence-corrected chi connectivity index (χ3v) is 4.48. The summed E-state index contributed by atoms with van der Waals surface area (Å²) in [4.78, 5) is 27.8. The first-order valence-corrected chi connectivity index (χ1v) is 8.11. The van der Waals surface area contributed by atoms with Gasteiger partial charge in [-0.15, -0.1) is 0 Å². The highest BCUT2D eigenvalue weighted by Crippen LogP contribution is 2.29. The number of nitrogens with zero attached hydrogens (tertiary/aromatic N) is 3. The van der Waals surface area contributed by atoms with E-state index in [1.54, 1.807) is 11.7 Å². The number of nitro benzene ring substituents is 1. The van der Waals surface area contributed by atoms with Gasteiger partial charge in [0.2, 0.25) is 0 Å². The lowest BCUT2D eigenvalue weighted by atomic mass is 10.1. The Kier molecular flexibility index (Phi) is 3.76. The molecule has 0 N–H and O–H groups in total. The summed E-state index contributed by atoms with van der Waals surface area (Å²) in [5, 5.41) is 11.2. The molecule has 0 amide bonds. The van der Waals surface area contributed by atoms with E-state index >= 15 is 0 Å². The number of ether oxygens (including phenoxy) is 1. The maximum absolute atomic E-state index is 12.7. The highest BCUT2D eigenvalue weighted by molar-refractivity contribution is 5.85. The van der Waals surface area contributed by atoms with Gasteiger partial charge >= 0.3 is 0 Å². The standard InChI is InChI=1S/C19H15N3O4/c1-26-15-4-2-3-12(10-15)9-13-7-8-21-18(13)20-17-6-5-14(22(24)25)11-16(17)19(21)23/h2-6,9-11H,7-8H2,1H3. The molecule has 0 atom stereocenters. The van der Waals surface area contributed by atoms with Crippen LogP contribution in [0.3, 0.4) is 0 Å². The average Bonchev–Trinajstić information content (AvgIpc) is 3.04. The molecule has 130 valence electrons. The summed E-state index contributed by atoms with van der Waals surface area (Å²) in [6.07, 6.45) is 2.67. The molecule has 0 fully saturated rings. The molecule has 7 heteroatoms.